The molecule has 1 amide bonds. The lowest BCUT2D eigenvalue weighted by Gasteiger charge is -2.05. The van der Waals surface area contributed by atoms with Crippen LogP contribution >= 0.6 is 0 Å². The van der Waals surface area contributed by atoms with Crippen molar-refractivity contribution in [1.29, 1.82) is 0 Å². The Morgan fingerprint density at radius 1 is 0.944 bits per heavy atom. The summed E-state index contributed by atoms with van der Waals surface area (Å²) in [6.45, 7) is 0.507. The Morgan fingerprint density at radius 3 is 2.22 bits per heavy atom. The predicted octanol–water partition coefficient (Wildman–Crippen LogP) is 2.11. The van der Waals surface area contributed by atoms with E-state index < -0.39 is 0 Å². The van der Waals surface area contributed by atoms with Crippen LogP contribution in [0, 0.1) is 0 Å². The lowest BCUT2D eigenvalue weighted by molar-refractivity contribution is 0.0951. The highest BCUT2D eigenvalue weighted by atomic mass is 16.3. The van der Waals surface area contributed by atoms with Crippen LogP contribution in [-0.2, 0) is 13.2 Å². The summed E-state index contributed by atoms with van der Waals surface area (Å²) in [5.41, 5.74) is 2.47. The van der Waals surface area contributed by atoms with Gasteiger partial charge in [0.25, 0.3) is 5.91 Å². The molecule has 0 unspecified atom stereocenters. The fraction of sp³-hybridized carbons (Fsp3) is 0.133. The standard InChI is InChI=1S/C15H15NO2/c17-11-13-6-8-14(9-7-13)15(18)16-10-12-4-2-1-3-5-12/h1-9,17H,10-11H2,(H,16,18). The SMILES string of the molecule is O=C(NCc1ccccc1)c1ccc(CO)cc1. The maximum atomic E-state index is 11.8. The molecular weight excluding hydrogens is 226 g/mol. The quantitative estimate of drug-likeness (QED) is 0.861. The molecule has 0 aliphatic carbocycles. The van der Waals surface area contributed by atoms with E-state index in [9.17, 15) is 4.79 Å². The second-order valence-corrected chi connectivity index (χ2v) is 4.02. The van der Waals surface area contributed by atoms with Gasteiger partial charge in [0.15, 0.2) is 0 Å². The van der Waals surface area contributed by atoms with E-state index in [0.717, 1.165) is 11.1 Å². The predicted molar refractivity (Wildman–Crippen MR) is 70.0 cm³/mol. The number of aliphatic hydroxyl groups excluding tert-OH is 1. The number of nitrogens with one attached hydrogen (secondary N) is 1. The number of carbonyl (C=O) groups is 1. The van der Waals surface area contributed by atoms with Crippen LogP contribution in [0.4, 0.5) is 0 Å². The van der Waals surface area contributed by atoms with E-state index in [4.69, 9.17) is 5.11 Å². The van der Waals surface area contributed by atoms with Crippen molar-refractivity contribution in [2.45, 2.75) is 13.2 Å². The second-order valence-electron chi connectivity index (χ2n) is 4.02. The maximum Gasteiger partial charge on any atom is 0.251 e. The van der Waals surface area contributed by atoms with Crippen LogP contribution in [-0.4, -0.2) is 11.0 Å². The molecule has 3 heteroatoms. The maximum absolute atomic E-state index is 11.8. The molecule has 0 aliphatic rings. The molecule has 0 bridgehead atoms. The molecule has 0 saturated heterocycles. The van der Waals surface area contributed by atoms with Gasteiger partial charge >= 0.3 is 0 Å². The minimum atomic E-state index is -0.108. The number of carbonyl (C=O) groups excluding carboxylic acids is 1. The van der Waals surface area contributed by atoms with Gasteiger partial charge < -0.3 is 10.4 Å². The lowest BCUT2D eigenvalue weighted by Crippen LogP contribution is -2.22. The first-order valence-electron chi connectivity index (χ1n) is 5.81. The number of hydrogen-bond acceptors (Lipinski definition) is 2. The highest BCUT2D eigenvalue weighted by Gasteiger charge is 2.04. The van der Waals surface area contributed by atoms with Gasteiger partial charge in [0.05, 0.1) is 6.61 Å². The third-order valence-corrected chi connectivity index (χ3v) is 2.69. The zero-order chi connectivity index (χ0) is 12.8. The zero-order valence-electron chi connectivity index (χ0n) is 9.97. The van der Waals surface area contributed by atoms with E-state index in [-0.39, 0.29) is 12.5 Å². The third-order valence-electron chi connectivity index (χ3n) is 2.69. The first-order chi connectivity index (χ1) is 8.79. The summed E-state index contributed by atoms with van der Waals surface area (Å²) in [6, 6.07) is 16.7. The van der Waals surface area contributed by atoms with Crippen molar-refractivity contribution in [2.75, 3.05) is 0 Å². The van der Waals surface area contributed by atoms with Gasteiger partial charge in [0.1, 0.15) is 0 Å². The summed E-state index contributed by atoms with van der Waals surface area (Å²) in [6.07, 6.45) is 0. The second kappa shape index (κ2) is 5.98. The van der Waals surface area contributed by atoms with E-state index in [1.165, 1.54) is 0 Å². The van der Waals surface area contributed by atoms with Crippen LogP contribution in [0.3, 0.4) is 0 Å². The molecule has 0 aliphatic heterocycles. The highest BCUT2D eigenvalue weighted by Crippen LogP contribution is 2.05. The molecule has 2 N–H and O–H groups in total. The van der Waals surface area contributed by atoms with Gasteiger partial charge in [0.2, 0.25) is 0 Å². The Labute approximate surface area is 106 Å². The molecule has 3 nitrogen and oxygen atoms in total. The Morgan fingerprint density at radius 2 is 1.61 bits per heavy atom. The molecule has 18 heavy (non-hydrogen) atoms. The van der Waals surface area contributed by atoms with Crippen molar-refractivity contribution in [3.05, 3.63) is 71.3 Å². The van der Waals surface area contributed by atoms with Gasteiger partial charge in [-0.2, -0.15) is 0 Å². The van der Waals surface area contributed by atoms with Gasteiger partial charge in [-0.15, -0.1) is 0 Å². The molecular formula is C15H15NO2. The minimum absolute atomic E-state index is 0.00802. The van der Waals surface area contributed by atoms with Crippen LogP contribution in [0.25, 0.3) is 0 Å². The van der Waals surface area contributed by atoms with E-state index in [0.29, 0.717) is 12.1 Å². The molecule has 2 rings (SSSR count). The van der Waals surface area contributed by atoms with E-state index in [1.54, 1.807) is 24.3 Å². The summed E-state index contributed by atoms with van der Waals surface area (Å²) in [5.74, 6) is -0.108. The Balaban J connectivity index is 1.95. The molecule has 0 saturated carbocycles. The van der Waals surface area contributed by atoms with Crippen molar-refractivity contribution < 1.29 is 9.90 Å². The molecule has 0 radical (unpaired) electrons. The average molecular weight is 241 g/mol. The number of hydrogen-bond donors (Lipinski definition) is 2. The largest absolute Gasteiger partial charge is 0.392 e. The molecule has 92 valence electrons. The van der Waals surface area contributed by atoms with Crippen LogP contribution in [0.5, 0.6) is 0 Å². The third kappa shape index (κ3) is 3.18. The van der Waals surface area contributed by atoms with Gasteiger partial charge in [0, 0.05) is 12.1 Å². The number of aliphatic hydroxyl groups is 1. The van der Waals surface area contributed by atoms with E-state index in [1.807, 2.05) is 30.3 Å². The normalized spacial score (nSPS) is 10.1. The van der Waals surface area contributed by atoms with Crippen molar-refractivity contribution in [3.8, 4) is 0 Å². The zero-order valence-corrected chi connectivity index (χ0v) is 9.97. The van der Waals surface area contributed by atoms with Crippen molar-refractivity contribution in [1.82, 2.24) is 5.32 Å². The fourth-order valence-electron chi connectivity index (χ4n) is 1.64. The number of amides is 1. The van der Waals surface area contributed by atoms with Crippen molar-refractivity contribution in [3.63, 3.8) is 0 Å². The number of benzene rings is 2. The fourth-order valence-corrected chi connectivity index (χ4v) is 1.64. The monoisotopic (exact) mass is 241 g/mol. The lowest BCUT2D eigenvalue weighted by atomic mass is 10.1. The summed E-state index contributed by atoms with van der Waals surface area (Å²) < 4.78 is 0. The summed E-state index contributed by atoms with van der Waals surface area (Å²) in [7, 11) is 0. The van der Waals surface area contributed by atoms with Gasteiger partial charge in [-0.3, -0.25) is 4.79 Å². The molecule has 2 aromatic rings. The molecule has 0 heterocycles. The summed E-state index contributed by atoms with van der Waals surface area (Å²) in [4.78, 5) is 11.8. The molecule has 0 fully saturated rings. The molecule has 0 atom stereocenters. The Kier molecular flexibility index (Phi) is 4.10. The number of rotatable bonds is 4. The van der Waals surface area contributed by atoms with Crippen LogP contribution in [0.15, 0.2) is 54.6 Å². The summed E-state index contributed by atoms with van der Waals surface area (Å²) in [5, 5.41) is 11.8. The average Bonchev–Trinajstić information content (AvgIpc) is 2.46. The van der Waals surface area contributed by atoms with Crippen molar-refractivity contribution >= 4 is 5.91 Å². The minimum Gasteiger partial charge on any atom is -0.392 e. The summed E-state index contributed by atoms with van der Waals surface area (Å²) >= 11 is 0. The first-order valence-corrected chi connectivity index (χ1v) is 5.81. The van der Waals surface area contributed by atoms with E-state index in [2.05, 4.69) is 5.32 Å². The van der Waals surface area contributed by atoms with Crippen molar-refractivity contribution in [2.24, 2.45) is 0 Å². The smallest absolute Gasteiger partial charge is 0.251 e. The Hall–Kier alpha value is -2.13. The van der Waals surface area contributed by atoms with Gasteiger partial charge in [-0.25, -0.2) is 0 Å². The van der Waals surface area contributed by atoms with Crippen LogP contribution in [0.1, 0.15) is 21.5 Å². The first kappa shape index (κ1) is 12.3. The van der Waals surface area contributed by atoms with Gasteiger partial charge in [-0.1, -0.05) is 42.5 Å². The van der Waals surface area contributed by atoms with Gasteiger partial charge in [-0.05, 0) is 23.3 Å². The topological polar surface area (TPSA) is 49.3 Å². The molecule has 0 aromatic heterocycles. The van der Waals surface area contributed by atoms with Crippen LogP contribution < -0.4 is 5.32 Å². The molecule has 0 spiro atoms. The Bertz CT molecular complexity index is 506. The van der Waals surface area contributed by atoms with E-state index >= 15 is 0 Å². The molecule has 2 aromatic carbocycles. The highest BCUT2D eigenvalue weighted by molar-refractivity contribution is 5.94. The van der Waals surface area contributed by atoms with Crippen LogP contribution in [0.2, 0.25) is 0 Å².